The first-order valence-electron chi connectivity index (χ1n) is 9.69. The number of thioether (sulfide) groups is 2. The van der Waals surface area contributed by atoms with Crippen LogP contribution < -0.4 is 27.4 Å². The molecule has 0 aromatic carbocycles. The fourth-order valence-corrected chi connectivity index (χ4v) is 3.32. The zero-order chi connectivity index (χ0) is 24.0. The molecule has 11 nitrogen and oxygen atoms in total. The molecule has 0 spiro atoms. The van der Waals surface area contributed by atoms with Crippen LogP contribution in [0.25, 0.3) is 0 Å². The number of primary amides is 1. The van der Waals surface area contributed by atoms with Gasteiger partial charge in [-0.2, -0.15) is 23.5 Å². The van der Waals surface area contributed by atoms with Gasteiger partial charge in [-0.3, -0.25) is 19.2 Å². The van der Waals surface area contributed by atoms with E-state index in [1.807, 2.05) is 12.5 Å². The van der Waals surface area contributed by atoms with Crippen LogP contribution in [0.15, 0.2) is 0 Å². The summed E-state index contributed by atoms with van der Waals surface area (Å²) in [7, 11) is 0. The van der Waals surface area contributed by atoms with Crippen LogP contribution in [-0.4, -0.2) is 82.9 Å². The Kier molecular flexibility index (Phi) is 14.7. The Morgan fingerprint density at radius 1 is 0.839 bits per heavy atom. The molecule has 0 fully saturated rings. The van der Waals surface area contributed by atoms with Gasteiger partial charge in [-0.05, 0) is 50.2 Å². The zero-order valence-corrected chi connectivity index (χ0v) is 19.6. The molecule has 0 aromatic heterocycles. The Bertz CT molecular complexity index is 637. The molecular formula is C18H33N5O6S2. The monoisotopic (exact) mass is 479 g/mol. The molecule has 31 heavy (non-hydrogen) atoms. The maximum atomic E-state index is 12.6. The van der Waals surface area contributed by atoms with E-state index >= 15 is 0 Å². The summed E-state index contributed by atoms with van der Waals surface area (Å²) < 4.78 is 0. The Balaban J connectivity index is 4.96. The van der Waals surface area contributed by atoms with Gasteiger partial charge in [0.2, 0.25) is 23.6 Å². The number of carbonyl (C=O) groups is 5. The Morgan fingerprint density at radius 2 is 1.35 bits per heavy atom. The lowest BCUT2D eigenvalue weighted by molar-refractivity contribution is -0.142. The zero-order valence-electron chi connectivity index (χ0n) is 18.0. The molecule has 0 rings (SSSR count). The van der Waals surface area contributed by atoms with E-state index in [2.05, 4.69) is 16.0 Å². The maximum Gasteiger partial charge on any atom is 0.326 e. The number of nitrogens with one attached hydrogen (secondary N) is 3. The van der Waals surface area contributed by atoms with E-state index in [1.54, 1.807) is 0 Å². The lowest BCUT2D eigenvalue weighted by Gasteiger charge is -2.23. The molecule has 13 heteroatoms. The van der Waals surface area contributed by atoms with E-state index in [0.29, 0.717) is 17.9 Å². The van der Waals surface area contributed by atoms with Gasteiger partial charge in [0.05, 0.1) is 6.04 Å². The van der Waals surface area contributed by atoms with Gasteiger partial charge < -0.3 is 32.5 Å². The van der Waals surface area contributed by atoms with Crippen molar-refractivity contribution >= 4 is 53.1 Å². The van der Waals surface area contributed by atoms with Gasteiger partial charge in [0.1, 0.15) is 18.1 Å². The molecule has 8 N–H and O–H groups in total. The third kappa shape index (κ3) is 12.5. The highest BCUT2D eigenvalue weighted by atomic mass is 32.2. The number of amides is 4. The molecular weight excluding hydrogens is 446 g/mol. The molecule has 0 saturated heterocycles. The molecule has 0 saturated carbocycles. The fraction of sp³-hybridized carbons (Fsp3) is 0.722. The molecule has 0 aliphatic rings. The van der Waals surface area contributed by atoms with Gasteiger partial charge in [-0.15, -0.1) is 0 Å². The number of carboxylic acids is 1. The van der Waals surface area contributed by atoms with Gasteiger partial charge in [-0.1, -0.05) is 0 Å². The Hall–Kier alpha value is -1.99. The van der Waals surface area contributed by atoms with E-state index in [1.165, 1.54) is 30.4 Å². The molecule has 0 aliphatic heterocycles. The van der Waals surface area contributed by atoms with Gasteiger partial charge in [0.15, 0.2) is 0 Å². The van der Waals surface area contributed by atoms with E-state index in [9.17, 15) is 29.1 Å². The number of hydrogen-bond donors (Lipinski definition) is 6. The normalized spacial score (nSPS) is 14.6. The van der Waals surface area contributed by atoms with Crippen LogP contribution >= 0.6 is 23.5 Å². The summed E-state index contributed by atoms with van der Waals surface area (Å²) in [6, 6.07) is -4.03. The van der Waals surface area contributed by atoms with Crippen LogP contribution in [0.4, 0.5) is 0 Å². The third-order valence-electron chi connectivity index (χ3n) is 4.26. The topological polar surface area (TPSA) is 194 Å². The van der Waals surface area contributed by atoms with Crippen LogP contribution in [0.5, 0.6) is 0 Å². The van der Waals surface area contributed by atoms with Gasteiger partial charge >= 0.3 is 5.97 Å². The fourth-order valence-electron chi connectivity index (χ4n) is 2.38. The highest BCUT2D eigenvalue weighted by molar-refractivity contribution is 7.98. The standard InChI is InChI=1S/C18H33N5O6S2/c1-10(15(25)23-13(18(28)29)7-9-31-3)21-17(27)12(6-8-30-2)22-16(26)11(19)4-5-14(20)24/h10-13H,4-9,19H2,1-3H3,(H2,20,24)(H,21,27)(H,22,26)(H,23,25)(H,28,29). The summed E-state index contributed by atoms with van der Waals surface area (Å²) in [5.41, 5.74) is 10.8. The van der Waals surface area contributed by atoms with E-state index in [0.717, 1.165) is 0 Å². The second-order valence-corrected chi connectivity index (χ2v) is 8.84. The Labute approximate surface area is 190 Å². The number of rotatable bonds is 16. The van der Waals surface area contributed by atoms with Gasteiger partial charge in [0, 0.05) is 6.42 Å². The highest BCUT2D eigenvalue weighted by Crippen LogP contribution is 2.05. The predicted molar refractivity (Wildman–Crippen MR) is 122 cm³/mol. The van der Waals surface area contributed by atoms with Crippen molar-refractivity contribution in [3.05, 3.63) is 0 Å². The minimum Gasteiger partial charge on any atom is -0.480 e. The first kappa shape index (κ1) is 29.0. The average molecular weight is 480 g/mol. The van der Waals surface area contributed by atoms with Crippen molar-refractivity contribution in [2.75, 3.05) is 24.0 Å². The predicted octanol–water partition coefficient (Wildman–Crippen LogP) is -1.36. The van der Waals surface area contributed by atoms with Crippen molar-refractivity contribution in [3.63, 3.8) is 0 Å². The molecule has 178 valence electrons. The SMILES string of the molecule is CSCCC(NC(=O)C(C)NC(=O)C(CCSC)NC(=O)C(N)CCC(N)=O)C(=O)O. The molecule has 0 radical (unpaired) electrons. The van der Waals surface area contributed by atoms with Crippen LogP contribution in [-0.2, 0) is 24.0 Å². The molecule has 0 aliphatic carbocycles. The first-order chi connectivity index (χ1) is 14.5. The minimum atomic E-state index is -1.16. The minimum absolute atomic E-state index is 0.0451. The van der Waals surface area contributed by atoms with Crippen molar-refractivity contribution in [1.82, 2.24) is 16.0 Å². The number of nitrogens with two attached hydrogens (primary N) is 2. The van der Waals surface area contributed by atoms with Crippen LogP contribution in [0.2, 0.25) is 0 Å². The molecule has 0 bridgehead atoms. The first-order valence-corrected chi connectivity index (χ1v) is 12.5. The van der Waals surface area contributed by atoms with Gasteiger partial charge in [0.25, 0.3) is 0 Å². The van der Waals surface area contributed by atoms with Crippen molar-refractivity contribution in [2.45, 2.75) is 56.8 Å². The van der Waals surface area contributed by atoms with E-state index < -0.39 is 53.8 Å². The number of hydrogen-bond acceptors (Lipinski definition) is 8. The van der Waals surface area contributed by atoms with Crippen LogP contribution in [0.1, 0.15) is 32.6 Å². The highest BCUT2D eigenvalue weighted by Gasteiger charge is 2.28. The third-order valence-corrected chi connectivity index (χ3v) is 5.55. The van der Waals surface area contributed by atoms with Crippen LogP contribution in [0.3, 0.4) is 0 Å². The lowest BCUT2D eigenvalue weighted by atomic mass is 10.1. The summed E-state index contributed by atoms with van der Waals surface area (Å²) in [5.74, 6) is -2.48. The van der Waals surface area contributed by atoms with Crippen molar-refractivity contribution < 1.29 is 29.1 Å². The molecule has 0 aromatic rings. The van der Waals surface area contributed by atoms with Crippen molar-refractivity contribution in [2.24, 2.45) is 11.5 Å². The number of aliphatic carboxylic acids is 1. The molecule has 4 unspecified atom stereocenters. The number of carbonyl (C=O) groups excluding carboxylic acids is 4. The van der Waals surface area contributed by atoms with E-state index in [-0.39, 0.29) is 19.3 Å². The summed E-state index contributed by atoms with van der Waals surface area (Å²) in [4.78, 5) is 59.3. The summed E-state index contributed by atoms with van der Waals surface area (Å²) in [5, 5.41) is 16.7. The summed E-state index contributed by atoms with van der Waals surface area (Å²) >= 11 is 2.93. The second kappa shape index (κ2) is 15.8. The molecule has 0 heterocycles. The quantitative estimate of drug-likeness (QED) is 0.155. The van der Waals surface area contributed by atoms with Crippen LogP contribution in [0, 0.1) is 0 Å². The van der Waals surface area contributed by atoms with Crippen molar-refractivity contribution in [1.29, 1.82) is 0 Å². The summed E-state index contributed by atoms with van der Waals surface area (Å²) in [6.45, 7) is 1.42. The summed E-state index contributed by atoms with van der Waals surface area (Å²) in [6.07, 6.45) is 4.19. The average Bonchev–Trinajstić information content (AvgIpc) is 2.71. The smallest absolute Gasteiger partial charge is 0.326 e. The number of carboxylic acid groups (broad SMARTS) is 1. The van der Waals surface area contributed by atoms with Crippen molar-refractivity contribution in [3.8, 4) is 0 Å². The van der Waals surface area contributed by atoms with E-state index in [4.69, 9.17) is 11.5 Å². The molecule has 4 amide bonds. The second-order valence-electron chi connectivity index (χ2n) is 6.87. The molecule has 4 atom stereocenters. The maximum absolute atomic E-state index is 12.6. The largest absolute Gasteiger partial charge is 0.480 e. The lowest BCUT2D eigenvalue weighted by Crippen LogP contribution is -2.56. The van der Waals surface area contributed by atoms with Gasteiger partial charge in [-0.25, -0.2) is 4.79 Å². The Morgan fingerprint density at radius 3 is 1.84 bits per heavy atom.